The van der Waals surface area contributed by atoms with E-state index < -0.39 is 0 Å². The van der Waals surface area contributed by atoms with Gasteiger partial charge in [-0.25, -0.2) is 0 Å². The third-order valence-electron chi connectivity index (χ3n) is 5.33. The highest BCUT2D eigenvalue weighted by atomic mass is 16.3. The summed E-state index contributed by atoms with van der Waals surface area (Å²) in [6.45, 7) is 4.25. The zero-order chi connectivity index (χ0) is 12.7. The molecule has 1 aromatic carbocycles. The average molecular weight is 244 g/mol. The molecule has 18 heavy (non-hydrogen) atoms. The van der Waals surface area contributed by atoms with E-state index in [1.807, 2.05) is 0 Å². The normalized spacial score (nSPS) is 31.8. The Bertz CT molecular complexity index is 437. The summed E-state index contributed by atoms with van der Waals surface area (Å²) in [5.41, 5.74) is 3.71. The molecule has 2 bridgehead atoms. The summed E-state index contributed by atoms with van der Waals surface area (Å²) in [5.74, 6) is 2.67. The first-order chi connectivity index (χ1) is 8.63. The molecule has 2 saturated carbocycles. The molecular weight excluding hydrogens is 220 g/mol. The molecule has 1 heteroatoms. The van der Waals surface area contributed by atoms with Gasteiger partial charge >= 0.3 is 0 Å². The van der Waals surface area contributed by atoms with Gasteiger partial charge in [0.15, 0.2) is 0 Å². The van der Waals surface area contributed by atoms with Crippen LogP contribution in [0.2, 0.25) is 0 Å². The Morgan fingerprint density at radius 1 is 1.17 bits per heavy atom. The lowest BCUT2D eigenvalue weighted by molar-refractivity contribution is 0.125. The van der Waals surface area contributed by atoms with E-state index in [4.69, 9.17) is 0 Å². The number of rotatable bonds is 3. The van der Waals surface area contributed by atoms with E-state index in [0.29, 0.717) is 0 Å². The van der Waals surface area contributed by atoms with Crippen molar-refractivity contribution >= 4 is 0 Å². The van der Waals surface area contributed by atoms with E-state index >= 15 is 0 Å². The van der Waals surface area contributed by atoms with Crippen molar-refractivity contribution in [2.75, 3.05) is 0 Å². The Hall–Kier alpha value is -0.820. The van der Waals surface area contributed by atoms with Gasteiger partial charge in [0.25, 0.3) is 0 Å². The quantitative estimate of drug-likeness (QED) is 0.846. The van der Waals surface area contributed by atoms with Gasteiger partial charge in [-0.15, -0.1) is 0 Å². The Morgan fingerprint density at radius 3 is 2.61 bits per heavy atom. The van der Waals surface area contributed by atoms with Gasteiger partial charge in [-0.05, 0) is 74.0 Å². The van der Waals surface area contributed by atoms with Crippen molar-refractivity contribution < 1.29 is 5.11 Å². The fourth-order valence-corrected chi connectivity index (χ4v) is 4.06. The van der Waals surface area contributed by atoms with Crippen LogP contribution in [0.25, 0.3) is 0 Å². The number of benzene rings is 1. The van der Waals surface area contributed by atoms with Gasteiger partial charge in [0.1, 0.15) is 0 Å². The third kappa shape index (κ3) is 2.21. The molecule has 1 aromatic rings. The lowest BCUT2D eigenvalue weighted by Crippen LogP contribution is -2.14. The van der Waals surface area contributed by atoms with Crippen molar-refractivity contribution in [1.82, 2.24) is 0 Å². The fraction of sp³-hybridized carbons (Fsp3) is 0.647. The van der Waals surface area contributed by atoms with Crippen LogP contribution in [0, 0.1) is 31.6 Å². The number of aliphatic hydroxyl groups is 1. The first-order valence-corrected chi connectivity index (χ1v) is 7.38. The van der Waals surface area contributed by atoms with E-state index in [1.54, 1.807) is 0 Å². The summed E-state index contributed by atoms with van der Waals surface area (Å²) in [5, 5.41) is 10.4. The molecule has 0 radical (unpaired) electrons. The second-order valence-electron chi connectivity index (χ2n) is 6.53. The monoisotopic (exact) mass is 244 g/mol. The molecule has 3 rings (SSSR count). The molecule has 2 fully saturated rings. The standard InChI is InChI=1S/C17H24O/c1-11-3-5-15(7-12(11)2)17(18)10-16-9-13-4-6-14(16)8-13/h3,5,7,13-14,16-18H,4,6,8-10H2,1-2H3. The molecule has 0 amide bonds. The van der Waals surface area contributed by atoms with Crippen molar-refractivity contribution in [3.05, 3.63) is 34.9 Å². The van der Waals surface area contributed by atoms with Crippen molar-refractivity contribution in [3.8, 4) is 0 Å². The molecule has 4 atom stereocenters. The first-order valence-electron chi connectivity index (χ1n) is 7.38. The first kappa shape index (κ1) is 12.2. The number of hydrogen-bond donors (Lipinski definition) is 1. The van der Waals surface area contributed by atoms with Crippen LogP contribution in [0.4, 0.5) is 0 Å². The molecule has 0 heterocycles. The molecule has 98 valence electrons. The minimum Gasteiger partial charge on any atom is -0.388 e. The van der Waals surface area contributed by atoms with Gasteiger partial charge in [0, 0.05) is 0 Å². The Balaban J connectivity index is 1.67. The maximum atomic E-state index is 10.4. The predicted molar refractivity (Wildman–Crippen MR) is 74.4 cm³/mol. The molecule has 1 N–H and O–H groups in total. The Labute approximate surface area is 110 Å². The molecular formula is C17H24O. The van der Waals surface area contributed by atoms with Gasteiger partial charge in [0.2, 0.25) is 0 Å². The maximum Gasteiger partial charge on any atom is 0.0792 e. The molecule has 0 aromatic heterocycles. The topological polar surface area (TPSA) is 20.2 Å². The third-order valence-corrected chi connectivity index (χ3v) is 5.33. The van der Waals surface area contributed by atoms with Gasteiger partial charge in [-0.1, -0.05) is 24.6 Å². The van der Waals surface area contributed by atoms with E-state index in [0.717, 1.165) is 29.7 Å². The van der Waals surface area contributed by atoms with Crippen LogP contribution in [0.5, 0.6) is 0 Å². The highest BCUT2D eigenvalue weighted by Gasteiger charge is 2.40. The molecule has 1 nitrogen and oxygen atoms in total. The SMILES string of the molecule is Cc1ccc(C(O)CC2CC3CCC2C3)cc1C. The van der Waals surface area contributed by atoms with Crippen molar-refractivity contribution in [2.45, 2.75) is 52.1 Å². The zero-order valence-corrected chi connectivity index (χ0v) is 11.5. The van der Waals surface area contributed by atoms with Crippen LogP contribution in [0.3, 0.4) is 0 Å². The molecule has 0 aliphatic heterocycles. The highest BCUT2D eigenvalue weighted by Crippen LogP contribution is 2.50. The molecule has 2 aliphatic rings. The van der Waals surface area contributed by atoms with E-state index in [9.17, 15) is 5.11 Å². The van der Waals surface area contributed by atoms with E-state index in [1.165, 1.54) is 36.8 Å². The van der Waals surface area contributed by atoms with Crippen molar-refractivity contribution in [2.24, 2.45) is 17.8 Å². The lowest BCUT2D eigenvalue weighted by Gasteiger charge is -2.24. The van der Waals surface area contributed by atoms with Crippen LogP contribution < -0.4 is 0 Å². The van der Waals surface area contributed by atoms with Crippen molar-refractivity contribution in [1.29, 1.82) is 0 Å². The van der Waals surface area contributed by atoms with Gasteiger partial charge in [-0.3, -0.25) is 0 Å². The smallest absolute Gasteiger partial charge is 0.0792 e. The summed E-state index contributed by atoms with van der Waals surface area (Å²) in [7, 11) is 0. The van der Waals surface area contributed by atoms with Gasteiger partial charge in [0.05, 0.1) is 6.10 Å². The lowest BCUT2D eigenvalue weighted by atomic mass is 9.83. The minimum absolute atomic E-state index is 0.256. The van der Waals surface area contributed by atoms with Crippen LogP contribution in [0.15, 0.2) is 18.2 Å². The van der Waals surface area contributed by atoms with Crippen LogP contribution >= 0.6 is 0 Å². The summed E-state index contributed by atoms with van der Waals surface area (Å²) < 4.78 is 0. The average Bonchev–Trinajstić information content (AvgIpc) is 2.94. The summed E-state index contributed by atoms with van der Waals surface area (Å²) in [6, 6.07) is 6.39. The maximum absolute atomic E-state index is 10.4. The summed E-state index contributed by atoms with van der Waals surface area (Å²) in [6.07, 6.45) is 6.38. The zero-order valence-electron chi connectivity index (χ0n) is 11.5. The van der Waals surface area contributed by atoms with Gasteiger partial charge < -0.3 is 5.11 Å². The van der Waals surface area contributed by atoms with Crippen LogP contribution in [0.1, 0.15) is 54.9 Å². The largest absolute Gasteiger partial charge is 0.388 e. The number of hydrogen-bond acceptors (Lipinski definition) is 1. The van der Waals surface area contributed by atoms with Crippen LogP contribution in [-0.4, -0.2) is 5.11 Å². The summed E-state index contributed by atoms with van der Waals surface area (Å²) >= 11 is 0. The second kappa shape index (κ2) is 4.70. The van der Waals surface area contributed by atoms with Gasteiger partial charge in [-0.2, -0.15) is 0 Å². The number of aryl methyl sites for hydroxylation is 2. The molecule has 4 unspecified atom stereocenters. The van der Waals surface area contributed by atoms with Crippen LogP contribution in [-0.2, 0) is 0 Å². The predicted octanol–water partition coefficient (Wildman–Crippen LogP) is 4.16. The van der Waals surface area contributed by atoms with E-state index in [-0.39, 0.29) is 6.10 Å². The highest BCUT2D eigenvalue weighted by molar-refractivity contribution is 5.31. The molecule has 2 aliphatic carbocycles. The van der Waals surface area contributed by atoms with E-state index in [2.05, 4.69) is 32.0 Å². The number of fused-ring (bicyclic) bond motifs is 2. The minimum atomic E-state index is -0.256. The summed E-state index contributed by atoms with van der Waals surface area (Å²) in [4.78, 5) is 0. The Kier molecular flexibility index (Phi) is 3.19. The second-order valence-corrected chi connectivity index (χ2v) is 6.53. The molecule has 0 saturated heterocycles. The number of aliphatic hydroxyl groups excluding tert-OH is 1. The Morgan fingerprint density at radius 2 is 2.00 bits per heavy atom. The molecule has 0 spiro atoms. The fourth-order valence-electron chi connectivity index (χ4n) is 4.06. The van der Waals surface area contributed by atoms with Crippen molar-refractivity contribution in [3.63, 3.8) is 0 Å².